The van der Waals surface area contributed by atoms with Crippen LogP contribution in [0.2, 0.25) is 0 Å². The van der Waals surface area contributed by atoms with Gasteiger partial charge in [-0.05, 0) is 47.2 Å². The van der Waals surface area contributed by atoms with Gasteiger partial charge in [0.15, 0.2) is 0 Å². The summed E-state index contributed by atoms with van der Waals surface area (Å²) in [6.45, 7) is 7.33. The molecule has 2 amide bonds. The van der Waals surface area contributed by atoms with Gasteiger partial charge in [-0.15, -0.1) is 0 Å². The third kappa shape index (κ3) is 5.73. The van der Waals surface area contributed by atoms with Gasteiger partial charge in [-0.2, -0.15) is 0 Å². The number of nitrogens with zero attached hydrogens (tertiary/aromatic N) is 1. The predicted molar refractivity (Wildman–Crippen MR) is 85.9 cm³/mol. The number of rotatable bonds is 7. The predicted octanol–water partition coefficient (Wildman–Crippen LogP) is 2.61. The van der Waals surface area contributed by atoms with Crippen molar-refractivity contribution in [3.05, 3.63) is 28.2 Å². The van der Waals surface area contributed by atoms with Gasteiger partial charge >= 0.3 is 12.0 Å². The standard InChI is InChI=1S/C14H20BrN3O3/c1-3-18(4-2)8-7-16-14(21)17-10-5-6-12(15)11(9-10)13(19)20/h5-6,9H,3-4,7-8H2,1-2H3,(H,19,20)(H2,16,17,21). The van der Waals surface area contributed by atoms with Crippen molar-refractivity contribution in [2.45, 2.75) is 13.8 Å². The quantitative estimate of drug-likeness (QED) is 0.700. The minimum Gasteiger partial charge on any atom is -0.478 e. The molecule has 6 nitrogen and oxygen atoms in total. The Balaban J connectivity index is 2.52. The highest BCUT2D eigenvalue weighted by Gasteiger charge is 2.10. The smallest absolute Gasteiger partial charge is 0.336 e. The number of amides is 2. The van der Waals surface area contributed by atoms with E-state index in [0.29, 0.717) is 16.7 Å². The summed E-state index contributed by atoms with van der Waals surface area (Å²) in [5.74, 6) is -1.05. The topological polar surface area (TPSA) is 81.7 Å². The highest BCUT2D eigenvalue weighted by Crippen LogP contribution is 2.21. The van der Waals surface area contributed by atoms with Crippen LogP contribution in [0.3, 0.4) is 0 Å². The maximum atomic E-state index is 11.7. The second kappa shape index (κ2) is 8.63. The van der Waals surface area contributed by atoms with Gasteiger partial charge in [-0.3, -0.25) is 0 Å². The molecule has 0 aliphatic rings. The zero-order valence-corrected chi connectivity index (χ0v) is 13.7. The third-order valence-corrected chi connectivity index (χ3v) is 3.75. The maximum absolute atomic E-state index is 11.7. The summed E-state index contributed by atoms with van der Waals surface area (Å²) in [6.07, 6.45) is 0. The number of halogens is 1. The second-order valence-corrected chi connectivity index (χ2v) is 5.26. The second-order valence-electron chi connectivity index (χ2n) is 4.41. The molecule has 0 bridgehead atoms. The van der Waals surface area contributed by atoms with Crippen LogP contribution in [0.4, 0.5) is 10.5 Å². The average molecular weight is 358 g/mol. The molecular formula is C14H20BrN3O3. The number of nitrogens with one attached hydrogen (secondary N) is 2. The molecule has 0 aliphatic heterocycles. The molecule has 1 rings (SSSR count). The molecule has 3 N–H and O–H groups in total. The maximum Gasteiger partial charge on any atom is 0.336 e. The van der Waals surface area contributed by atoms with Crippen LogP contribution in [0.1, 0.15) is 24.2 Å². The van der Waals surface area contributed by atoms with Gasteiger partial charge in [-0.1, -0.05) is 13.8 Å². The molecule has 0 spiro atoms. The van der Waals surface area contributed by atoms with E-state index in [0.717, 1.165) is 19.6 Å². The Morgan fingerprint density at radius 3 is 2.52 bits per heavy atom. The van der Waals surface area contributed by atoms with E-state index in [1.165, 1.54) is 6.07 Å². The van der Waals surface area contributed by atoms with Crippen molar-refractivity contribution in [3.8, 4) is 0 Å². The monoisotopic (exact) mass is 357 g/mol. The molecule has 0 atom stereocenters. The first-order valence-electron chi connectivity index (χ1n) is 6.78. The summed E-state index contributed by atoms with van der Waals surface area (Å²) < 4.78 is 0.475. The lowest BCUT2D eigenvalue weighted by atomic mass is 10.2. The van der Waals surface area contributed by atoms with Gasteiger partial charge in [0.1, 0.15) is 0 Å². The van der Waals surface area contributed by atoms with E-state index >= 15 is 0 Å². The number of carboxylic acid groups (broad SMARTS) is 1. The summed E-state index contributed by atoms with van der Waals surface area (Å²) in [7, 11) is 0. The molecule has 0 fully saturated rings. The molecule has 1 aromatic carbocycles. The molecule has 7 heteroatoms. The Kier molecular flexibility index (Phi) is 7.18. The van der Waals surface area contributed by atoms with E-state index in [4.69, 9.17) is 5.11 Å². The fraction of sp³-hybridized carbons (Fsp3) is 0.429. The zero-order valence-electron chi connectivity index (χ0n) is 12.1. The number of hydrogen-bond donors (Lipinski definition) is 3. The first-order chi connectivity index (χ1) is 9.97. The third-order valence-electron chi connectivity index (χ3n) is 3.06. The Morgan fingerprint density at radius 1 is 1.29 bits per heavy atom. The van der Waals surface area contributed by atoms with Crippen molar-refractivity contribution in [3.63, 3.8) is 0 Å². The summed E-state index contributed by atoms with van der Waals surface area (Å²) in [5, 5.41) is 14.4. The van der Waals surface area contributed by atoms with Crippen LogP contribution >= 0.6 is 15.9 Å². The van der Waals surface area contributed by atoms with E-state index < -0.39 is 5.97 Å². The molecule has 1 aromatic rings. The summed E-state index contributed by atoms with van der Waals surface area (Å²) >= 11 is 3.16. The minimum atomic E-state index is -1.05. The number of aromatic carboxylic acids is 1. The fourth-order valence-corrected chi connectivity index (χ4v) is 2.23. The van der Waals surface area contributed by atoms with Gasteiger partial charge in [0.05, 0.1) is 5.56 Å². The van der Waals surface area contributed by atoms with Crippen LogP contribution in [0.5, 0.6) is 0 Å². The molecular weight excluding hydrogens is 338 g/mol. The summed E-state index contributed by atoms with van der Waals surface area (Å²) in [6, 6.07) is 4.30. The molecule has 0 unspecified atom stereocenters. The number of carbonyl (C=O) groups is 2. The van der Waals surface area contributed by atoms with Crippen molar-refractivity contribution in [1.82, 2.24) is 10.2 Å². The summed E-state index contributed by atoms with van der Waals surface area (Å²) in [5.41, 5.74) is 0.548. The number of hydrogen-bond acceptors (Lipinski definition) is 3. The Bertz CT molecular complexity index is 504. The van der Waals surface area contributed by atoms with Crippen LogP contribution in [0, 0.1) is 0 Å². The van der Waals surface area contributed by atoms with Crippen molar-refractivity contribution >= 4 is 33.6 Å². The number of carbonyl (C=O) groups excluding carboxylic acids is 1. The molecule has 116 valence electrons. The van der Waals surface area contributed by atoms with Crippen LogP contribution in [-0.4, -0.2) is 48.2 Å². The first kappa shape index (κ1) is 17.5. The van der Waals surface area contributed by atoms with Crippen molar-refractivity contribution in [2.75, 3.05) is 31.5 Å². The molecule has 0 aliphatic carbocycles. The van der Waals surface area contributed by atoms with Gasteiger partial charge in [-0.25, -0.2) is 9.59 Å². The molecule has 21 heavy (non-hydrogen) atoms. The number of likely N-dealkylation sites (N-methyl/N-ethyl adjacent to an activating group) is 1. The van der Waals surface area contributed by atoms with Crippen LogP contribution in [0.15, 0.2) is 22.7 Å². The van der Waals surface area contributed by atoms with E-state index in [1.807, 2.05) is 0 Å². The van der Waals surface area contributed by atoms with Gasteiger partial charge in [0, 0.05) is 23.2 Å². The molecule has 0 aromatic heterocycles. The Hall–Kier alpha value is -1.60. The zero-order chi connectivity index (χ0) is 15.8. The summed E-state index contributed by atoms with van der Waals surface area (Å²) in [4.78, 5) is 24.9. The van der Waals surface area contributed by atoms with Crippen LogP contribution in [-0.2, 0) is 0 Å². The van der Waals surface area contributed by atoms with E-state index in [9.17, 15) is 9.59 Å². The number of urea groups is 1. The normalized spacial score (nSPS) is 10.5. The average Bonchev–Trinajstić information content (AvgIpc) is 2.45. The first-order valence-corrected chi connectivity index (χ1v) is 7.57. The number of benzene rings is 1. The lowest BCUT2D eigenvalue weighted by Crippen LogP contribution is -2.36. The molecule has 0 radical (unpaired) electrons. The van der Waals surface area contributed by atoms with Gasteiger partial charge < -0.3 is 20.6 Å². The molecule has 0 saturated carbocycles. The van der Waals surface area contributed by atoms with Crippen LogP contribution in [0.25, 0.3) is 0 Å². The number of anilines is 1. The van der Waals surface area contributed by atoms with Crippen molar-refractivity contribution in [1.29, 1.82) is 0 Å². The lowest BCUT2D eigenvalue weighted by Gasteiger charge is -2.18. The van der Waals surface area contributed by atoms with E-state index in [1.54, 1.807) is 12.1 Å². The largest absolute Gasteiger partial charge is 0.478 e. The minimum absolute atomic E-state index is 0.107. The van der Waals surface area contributed by atoms with E-state index in [2.05, 4.69) is 45.3 Å². The highest BCUT2D eigenvalue weighted by molar-refractivity contribution is 9.10. The lowest BCUT2D eigenvalue weighted by molar-refractivity contribution is 0.0696. The Labute approximate surface area is 132 Å². The Morgan fingerprint density at radius 2 is 1.95 bits per heavy atom. The van der Waals surface area contributed by atoms with E-state index in [-0.39, 0.29) is 11.6 Å². The van der Waals surface area contributed by atoms with Crippen LogP contribution < -0.4 is 10.6 Å². The van der Waals surface area contributed by atoms with Gasteiger partial charge in [0.25, 0.3) is 0 Å². The number of carboxylic acids is 1. The fourth-order valence-electron chi connectivity index (χ4n) is 1.81. The van der Waals surface area contributed by atoms with Gasteiger partial charge in [0.2, 0.25) is 0 Å². The molecule has 0 saturated heterocycles. The van der Waals surface area contributed by atoms with Crippen molar-refractivity contribution in [2.24, 2.45) is 0 Å². The SMILES string of the molecule is CCN(CC)CCNC(=O)Nc1ccc(Br)c(C(=O)O)c1. The molecule has 0 heterocycles. The highest BCUT2D eigenvalue weighted by atomic mass is 79.9. The van der Waals surface area contributed by atoms with Crippen molar-refractivity contribution < 1.29 is 14.7 Å².